The Bertz CT molecular complexity index is 336. The van der Waals surface area contributed by atoms with Gasteiger partial charge in [0.05, 0.1) is 0 Å². The Labute approximate surface area is 65.8 Å². The van der Waals surface area contributed by atoms with E-state index in [1.54, 1.807) is 26.1 Å². The minimum Gasteiger partial charge on any atom is -0.289 e. The summed E-state index contributed by atoms with van der Waals surface area (Å²) >= 11 is 0. The van der Waals surface area contributed by atoms with Gasteiger partial charge in [0.15, 0.2) is 0 Å². The maximum atomic E-state index is 11.3. The molecule has 2 heteroatoms. The Morgan fingerprint density at radius 2 is 2.27 bits per heavy atom. The fourth-order valence-corrected chi connectivity index (χ4v) is 0.903. The molecule has 0 aliphatic heterocycles. The highest BCUT2D eigenvalue weighted by atomic mass is 16.1. The molecule has 0 saturated heterocycles. The van der Waals surface area contributed by atoms with Crippen LogP contribution in [0.15, 0.2) is 29.7 Å². The topological polar surface area (TPSA) is 22.0 Å². The van der Waals surface area contributed by atoms with Crippen molar-refractivity contribution in [2.45, 2.75) is 13.8 Å². The molecule has 0 radical (unpaired) electrons. The highest BCUT2D eigenvalue weighted by molar-refractivity contribution is 5.38. The standard InChI is InChI=1S/C9H11NO/c1-7(2)10-6-4-5-8(3)9(10)11/h4-6H,1H2,2-3H3. The summed E-state index contributed by atoms with van der Waals surface area (Å²) in [6, 6.07) is 3.63. The van der Waals surface area contributed by atoms with E-state index in [0.29, 0.717) is 0 Å². The third kappa shape index (κ3) is 1.40. The zero-order valence-corrected chi connectivity index (χ0v) is 6.79. The average Bonchev–Trinajstić information content (AvgIpc) is 1.94. The van der Waals surface area contributed by atoms with Crippen LogP contribution < -0.4 is 5.56 Å². The first kappa shape index (κ1) is 7.79. The normalized spacial score (nSPS) is 9.64. The van der Waals surface area contributed by atoms with Crippen LogP contribution in [-0.4, -0.2) is 4.57 Å². The second-order valence-electron chi connectivity index (χ2n) is 2.60. The molecule has 0 unspecified atom stereocenters. The summed E-state index contributed by atoms with van der Waals surface area (Å²) in [6.45, 7) is 7.29. The van der Waals surface area contributed by atoms with Crippen molar-refractivity contribution in [3.05, 3.63) is 40.8 Å². The van der Waals surface area contributed by atoms with Crippen LogP contribution in [0, 0.1) is 6.92 Å². The van der Waals surface area contributed by atoms with E-state index in [2.05, 4.69) is 6.58 Å². The second-order valence-corrected chi connectivity index (χ2v) is 2.60. The lowest BCUT2D eigenvalue weighted by Crippen LogP contribution is -2.18. The average molecular weight is 149 g/mol. The molecule has 1 rings (SSSR count). The summed E-state index contributed by atoms with van der Waals surface area (Å²) in [5, 5.41) is 0. The van der Waals surface area contributed by atoms with Crippen molar-refractivity contribution in [1.82, 2.24) is 4.57 Å². The van der Waals surface area contributed by atoms with Gasteiger partial charge in [0.1, 0.15) is 0 Å². The van der Waals surface area contributed by atoms with E-state index in [4.69, 9.17) is 0 Å². The highest BCUT2D eigenvalue weighted by Gasteiger charge is 1.96. The Kier molecular flexibility index (Phi) is 1.94. The Morgan fingerprint density at radius 3 is 2.73 bits per heavy atom. The molecule has 0 fully saturated rings. The number of nitrogens with zero attached hydrogens (tertiary/aromatic N) is 1. The van der Waals surface area contributed by atoms with Crippen LogP contribution in [0.25, 0.3) is 5.70 Å². The van der Waals surface area contributed by atoms with Crippen molar-refractivity contribution in [3.8, 4) is 0 Å². The zero-order chi connectivity index (χ0) is 8.43. The van der Waals surface area contributed by atoms with E-state index in [-0.39, 0.29) is 5.56 Å². The lowest BCUT2D eigenvalue weighted by atomic mass is 10.3. The van der Waals surface area contributed by atoms with Gasteiger partial charge in [-0.05, 0) is 19.9 Å². The predicted molar refractivity (Wildman–Crippen MR) is 46.4 cm³/mol. The summed E-state index contributed by atoms with van der Waals surface area (Å²) in [5.74, 6) is 0. The molecule has 1 heterocycles. The van der Waals surface area contributed by atoms with Gasteiger partial charge < -0.3 is 0 Å². The molecule has 2 nitrogen and oxygen atoms in total. The van der Waals surface area contributed by atoms with Crippen molar-refractivity contribution in [2.24, 2.45) is 0 Å². The third-order valence-corrected chi connectivity index (χ3v) is 1.55. The van der Waals surface area contributed by atoms with Gasteiger partial charge in [-0.1, -0.05) is 12.6 Å². The summed E-state index contributed by atoms with van der Waals surface area (Å²) in [4.78, 5) is 11.3. The highest BCUT2D eigenvalue weighted by Crippen LogP contribution is 1.95. The smallest absolute Gasteiger partial charge is 0.257 e. The number of aromatic nitrogens is 1. The Balaban J connectivity index is 3.40. The minimum absolute atomic E-state index is 0.0139. The quantitative estimate of drug-likeness (QED) is 0.595. The van der Waals surface area contributed by atoms with Crippen LogP contribution >= 0.6 is 0 Å². The molecule has 0 saturated carbocycles. The van der Waals surface area contributed by atoms with Crippen LogP contribution in [0.1, 0.15) is 12.5 Å². The molecule has 11 heavy (non-hydrogen) atoms. The molecule has 1 aromatic heterocycles. The Morgan fingerprint density at radius 1 is 1.64 bits per heavy atom. The van der Waals surface area contributed by atoms with Crippen LogP contribution in [0.3, 0.4) is 0 Å². The van der Waals surface area contributed by atoms with Gasteiger partial charge in [-0.2, -0.15) is 0 Å². The first-order chi connectivity index (χ1) is 5.13. The summed E-state index contributed by atoms with van der Waals surface area (Å²) in [5.41, 5.74) is 1.51. The molecule has 0 N–H and O–H groups in total. The van der Waals surface area contributed by atoms with Gasteiger partial charge in [0, 0.05) is 17.5 Å². The number of allylic oxidation sites excluding steroid dienone is 1. The first-order valence-electron chi connectivity index (χ1n) is 3.47. The molecule has 0 atom stereocenters. The molecule has 0 bridgehead atoms. The molecular formula is C9H11NO. The van der Waals surface area contributed by atoms with Crippen molar-refractivity contribution in [1.29, 1.82) is 0 Å². The molecule has 58 valence electrons. The van der Waals surface area contributed by atoms with Crippen LogP contribution in [0.4, 0.5) is 0 Å². The molecule has 0 aliphatic rings. The van der Waals surface area contributed by atoms with Crippen molar-refractivity contribution in [2.75, 3.05) is 0 Å². The van der Waals surface area contributed by atoms with E-state index >= 15 is 0 Å². The van der Waals surface area contributed by atoms with E-state index in [0.717, 1.165) is 11.3 Å². The van der Waals surface area contributed by atoms with Gasteiger partial charge in [-0.15, -0.1) is 0 Å². The van der Waals surface area contributed by atoms with E-state index in [9.17, 15) is 4.79 Å². The second kappa shape index (κ2) is 2.74. The first-order valence-corrected chi connectivity index (χ1v) is 3.47. The van der Waals surface area contributed by atoms with Crippen LogP contribution in [-0.2, 0) is 0 Å². The van der Waals surface area contributed by atoms with Crippen molar-refractivity contribution >= 4 is 5.70 Å². The Hall–Kier alpha value is -1.31. The fraction of sp³-hybridized carbons (Fsp3) is 0.222. The fourth-order valence-electron chi connectivity index (χ4n) is 0.903. The van der Waals surface area contributed by atoms with Gasteiger partial charge in [0.2, 0.25) is 0 Å². The van der Waals surface area contributed by atoms with Gasteiger partial charge >= 0.3 is 0 Å². The lowest BCUT2D eigenvalue weighted by Gasteiger charge is -2.03. The van der Waals surface area contributed by atoms with E-state index in [1.807, 2.05) is 6.07 Å². The molecule has 0 aliphatic carbocycles. The van der Waals surface area contributed by atoms with E-state index < -0.39 is 0 Å². The summed E-state index contributed by atoms with van der Waals surface area (Å²) in [7, 11) is 0. The monoisotopic (exact) mass is 149 g/mol. The zero-order valence-electron chi connectivity index (χ0n) is 6.79. The number of aryl methyl sites for hydroxylation is 1. The number of hydrogen-bond donors (Lipinski definition) is 0. The van der Waals surface area contributed by atoms with Crippen molar-refractivity contribution in [3.63, 3.8) is 0 Å². The van der Waals surface area contributed by atoms with Crippen LogP contribution in [0.5, 0.6) is 0 Å². The molecule has 0 aromatic carbocycles. The third-order valence-electron chi connectivity index (χ3n) is 1.55. The SMILES string of the molecule is C=C(C)n1cccc(C)c1=O. The number of rotatable bonds is 1. The minimum atomic E-state index is 0.0139. The van der Waals surface area contributed by atoms with Gasteiger partial charge in [-0.3, -0.25) is 9.36 Å². The number of pyridine rings is 1. The van der Waals surface area contributed by atoms with Crippen molar-refractivity contribution < 1.29 is 0 Å². The lowest BCUT2D eigenvalue weighted by molar-refractivity contribution is 0.989. The van der Waals surface area contributed by atoms with Gasteiger partial charge in [0.25, 0.3) is 5.56 Å². The maximum Gasteiger partial charge on any atom is 0.257 e. The molecule has 0 spiro atoms. The summed E-state index contributed by atoms with van der Waals surface area (Å²) < 4.78 is 1.54. The molecule has 1 aromatic rings. The maximum absolute atomic E-state index is 11.3. The van der Waals surface area contributed by atoms with Crippen LogP contribution in [0.2, 0.25) is 0 Å². The molecule has 0 amide bonds. The van der Waals surface area contributed by atoms with Gasteiger partial charge in [-0.25, -0.2) is 0 Å². The van der Waals surface area contributed by atoms with E-state index in [1.165, 1.54) is 4.57 Å². The summed E-state index contributed by atoms with van der Waals surface area (Å²) in [6.07, 6.45) is 1.72. The molecular weight excluding hydrogens is 138 g/mol. The largest absolute Gasteiger partial charge is 0.289 e. The number of hydrogen-bond acceptors (Lipinski definition) is 1. The predicted octanol–water partition coefficient (Wildman–Crippen LogP) is 1.65.